The van der Waals surface area contributed by atoms with Crippen LogP contribution in [0.2, 0.25) is 0 Å². The molecule has 4 rings (SSSR count). The molecule has 0 radical (unpaired) electrons. The lowest BCUT2D eigenvalue weighted by Gasteiger charge is -2.44. The molecule has 0 aliphatic carbocycles. The van der Waals surface area contributed by atoms with Gasteiger partial charge in [0.25, 0.3) is 0 Å². The summed E-state index contributed by atoms with van der Waals surface area (Å²) in [5, 5.41) is 14.8. The van der Waals surface area contributed by atoms with Gasteiger partial charge in [0.05, 0.1) is 5.56 Å². The van der Waals surface area contributed by atoms with Gasteiger partial charge in [-0.3, -0.25) is 9.76 Å². The highest BCUT2D eigenvalue weighted by Crippen LogP contribution is 2.35. The molecule has 1 saturated heterocycles. The van der Waals surface area contributed by atoms with Crippen LogP contribution in [-0.4, -0.2) is 35.0 Å². The summed E-state index contributed by atoms with van der Waals surface area (Å²) < 4.78 is 23.5. The van der Waals surface area contributed by atoms with Crippen molar-refractivity contribution in [2.45, 2.75) is 18.9 Å². The van der Waals surface area contributed by atoms with Gasteiger partial charge >= 0.3 is 0 Å². The normalized spacial score (nSPS) is 21.6. The van der Waals surface area contributed by atoms with Gasteiger partial charge in [-0.15, -0.1) is 0 Å². The lowest BCUT2D eigenvalue weighted by molar-refractivity contribution is 0.627. The van der Waals surface area contributed by atoms with E-state index in [1.54, 1.807) is 18.3 Å². The van der Waals surface area contributed by atoms with Gasteiger partial charge in [-0.2, -0.15) is 14.2 Å². The summed E-state index contributed by atoms with van der Waals surface area (Å²) in [6, 6.07) is 12.9. The van der Waals surface area contributed by atoms with Crippen molar-refractivity contribution in [2.75, 3.05) is 29.3 Å². The van der Waals surface area contributed by atoms with E-state index in [4.69, 9.17) is 4.78 Å². The van der Waals surface area contributed by atoms with Crippen LogP contribution in [0.1, 0.15) is 18.4 Å². The minimum Gasteiger partial charge on any atom is -0.382 e. The zero-order valence-electron chi connectivity index (χ0n) is 16.7. The average molecular weight is 409 g/mol. The SMILES string of the molecule is CS1(C)(=N)CCC(Nc2cc(-c3cccc(C#N)c3F)cc3ccncc23)CC1. The van der Waals surface area contributed by atoms with Crippen LogP contribution in [0.25, 0.3) is 21.9 Å². The number of fused-ring (bicyclic) bond motifs is 1. The second-order valence-electron chi connectivity index (χ2n) is 8.69. The van der Waals surface area contributed by atoms with Crippen molar-refractivity contribution < 1.29 is 4.39 Å². The van der Waals surface area contributed by atoms with Gasteiger partial charge < -0.3 is 5.32 Å². The Hall–Kier alpha value is -2.78. The summed E-state index contributed by atoms with van der Waals surface area (Å²) in [5.41, 5.74) is 2.13. The fourth-order valence-corrected chi connectivity index (χ4v) is 6.25. The first-order chi connectivity index (χ1) is 13.7. The maximum atomic E-state index is 14.8. The van der Waals surface area contributed by atoms with Crippen LogP contribution in [-0.2, 0) is 8.96 Å². The fourth-order valence-electron chi connectivity index (χ4n) is 3.97. The molecule has 2 aromatic carbocycles. The Morgan fingerprint density at radius 3 is 2.69 bits per heavy atom. The first-order valence-corrected chi connectivity index (χ1v) is 12.9. The van der Waals surface area contributed by atoms with E-state index in [-0.39, 0.29) is 5.56 Å². The summed E-state index contributed by atoms with van der Waals surface area (Å²) in [5.74, 6) is 1.38. The van der Waals surface area contributed by atoms with Gasteiger partial charge in [0, 0.05) is 35.1 Å². The van der Waals surface area contributed by atoms with Crippen molar-refractivity contribution in [1.82, 2.24) is 4.98 Å². The molecule has 0 amide bonds. The van der Waals surface area contributed by atoms with Crippen LogP contribution < -0.4 is 5.32 Å². The predicted octanol–water partition coefficient (Wildman–Crippen LogP) is 5.20. The number of rotatable bonds is 3. The molecule has 6 heteroatoms. The van der Waals surface area contributed by atoms with Crippen LogP contribution in [0.5, 0.6) is 0 Å². The number of aromatic nitrogens is 1. The van der Waals surface area contributed by atoms with Crippen molar-refractivity contribution in [3.63, 3.8) is 0 Å². The highest BCUT2D eigenvalue weighted by atomic mass is 32.3. The first-order valence-electron chi connectivity index (χ1n) is 9.69. The quantitative estimate of drug-likeness (QED) is 0.626. The molecule has 1 aliphatic rings. The molecule has 29 heavy (non-hydrogen) atoms. The van der Waals surface area contributed by atoms with Gasteiger partial charge in [-0.1, -0.05) is 12.1 Å². The largest absolute Gasteiger partial charge is 0.382 e. The van der Waals surface area contributed by atoms with E-state index in [0.29, 0.717) is 11.6 Å². The van der Waals surface area contributed by atoms with Crippen LogP contribution >= 0.6 is 0 Å². The number of benzene rings is 2. The van der Waals surface area contributed by atoms with Crippen LogP contribution in [0.4, 0.5) is 10.1 Å². The lowest BCUT2D eigenvalue weighted by atomic mass is 9.98. The third-order valence-electron chi connectivity index (χ3n) is 5.79. The molecule has 150 valence electrons. The fraction of sp³-hybridized carbons (Fsp3) is 0.304. The second-order valence-corrected chi connectivity index (χ2v) is 14.4. The van der Waals surface area contributed by atoms with Crippen molar-refractivity contribution in [2.24, 2.45) is 0 Å². The number of halogens is 1. The monoisotopic (exact) mass is 408 g/mol. The third kappa shape index (κ3) is 4.01. The number of nitriles is 1. The Labute approximate surface area is 170 Å². The third-order valence-corrected chi connectivity index (χ3v) is 8.88. The second kappa shape index (κ2) is 6.93. The van der Waals surface area contributed by atoms with Crippen molar-refractivity contribution in [3.8, 4) is 17.2 Å². The highest BCUT2D eigenvalue weighted by Gasteiger charge is 2.29. The van der Waals surface area contributed by atoms with Gasteiger partial charge in [0.1, 0.15) is 11.9 Å². The Kier molecular flexibility index (Phi) is 4.66. The van der Waals surface area contributed by atoms with Gasteiger partial charge in [0.15, 0.2) is 0 Å². The zero-order chi connectivity index (χ0) is 20.7. The van der Waals surface area contributed by atoms with E-state index in [0.717, 1.165) is 46.4 Å². The molecule has 0 unspecified atom stereocenters. The molecule has 0 bridgehead atoms. The number of nitrogens with one attached hydrogen (secondary N) is 2. The van der Waals surface area contributed by atoms with E-state index >= 15 is 0 Å². The van der Waals surface area contributed by atoms with E-state index in [2.05, 4.69) is 22.8 Å². The summed E-state index contributed by atoms with van der Waals surface area (Å²) in [7, 11) is -1.98. The average Bonchev–Trinajstić information content (AvgIpc) is 2.69. The molecular formula is C23H25FN4S. The summed E-state index contributed by atoms with van der Waals surface area (Å²) in [6.07, 6.45) is 9.73. The molecule has 1 aromatic heterocycles. The standard InChI is InChI=1S/C23H25FN4S/c1-29(2,26)10-7-19(8-11-29)28-22-13-18(12-16-6-9-27-15-21(16)22)20-5-3-4-17(14-25)23(20)24/h3-6,9,12-13,15,19,26,28H,7-8,10-11H2,1-2H3. The van der Waals surface area contributed by atoms with Gasteiger partial charge in [-0.25, -0.2) is 4.39 Å². The predicted molar refractivity (Wildman–Crippen MR) is 120 cm³/mol. The van der Waals surface area contributed by atoms with E-state index < -0.39 is 14.8 Å². The number of hydrogen-bond donors (Lipinski definition) is 2. The molecule has 2 heterocycles. The zero-order valence-corrected chi connectivity index (χ0v) is 17.5. The number of nitrogens with zero attached hydrogens (tertiary/aromatic N) is 2. The first kappa shape index (κ1) is 19.5. The molecule has 1 aliphatic heterocycles. The Morgan fingerprint density at radius 2 is 1.97 bits per heavy atom. The highest BCUT2D eigenvalue weighted by molar-refractivity contribution is 8.19. The minimum absolute atomic E-state index is 0.0472. The smallest absolute Gasteiger partial charge is 0.148 e. The van der Waals surface area contributed by atoms with Gasteiger partial charge in [-0.05, 0) is 72.1 Å². The van der Waals surface area contributed by atoms with E-state index in [1.807, 2.05) is 30.5 Å². The summed E-state index contributed by atoms with van der Waals surface area (Å²) in [4.78, 5) is 4.27. The molecule has 0 saturated carbocycles. The van der Waals surface area contributed by atoms with E-state index in [9.17, 15) is 9.65 Å². The molecule has 3 aromatic rings. The maximum Gasteiger partial charge on any atom is 0.148 e. The molecule has 0 spiro atoms. The van der Waals surface area contributed by atoms with E-state index in [1.165, 1.54) is 6.07 Å². The molecule has 4 nitrogen and oxygen atoms in total. The van der Waals surface area contributed by atoms with Crippen LogP contribution in [0.15, 0.2) is 48.8 Å². The van der Waals surface area contributed by atoms with Crippen molar-refractivity contribution in [3.05, 3.63) is 60.2 Å². The van der Waals surface area contributed by atoms with Crippen molar-refractivity contribution in [1.29, 1.82) is 10.0 Å². The molecular weight excluding hydrogens is 383 g/mol. The van der Waals surface area contributed by atoms with Crippen LogP contribution in [0.3, 0.4) is 0 Å². The lowest BCUT2D eigenvalue weighted by Crippen LogP contribution is -2.44. The molecule has 0 atom stereocenters. The number of hydrogen-bond acceptors (Lipinski definition) is 4. The Balaban J connectivity index is 1.75. The maximum absolute atomic E-state index is 14.8. The van der Waals surface area contributed by atoms with Gasteiger partial charge in [0.2, 0.25) is 0 Å². The summed E-state index contributed by atoms with van der Waals surface area (Å²) in [6.45, 7) is 0. The Morgan fingerprint density at radius 1 is 1.21 bits per heavy atom. The minimum atomic E-state index is -1.98. The van der Waals surface area contributed by atoms with Crippen LogP contribution in [0, 0.1) is 21.9 Å². The number of pyridine rings is 1. The molecule has 1 fully saturated rings. The number of anilines is 1. The topological polar surface area (TPSA) is 72.6 Å². The Bertz CT molecular complexity index is 1190. The van der Waals surface area contributed by atoms with Crippen molar-refractivity contribution >= 4 is 25.4 Å². The summed E-state index contributed by atoms with van der Waals surface area (Å²) >= 11 is 0. The molecule has 2 N–H and O–H groups in total.